The summed E-state index contributed by atoms with van der Waals surface area (Å²) < 4.78 is 71.7. The fourth-order valence-electron chi connectivity index (χ4n) is 6.58. The van der Waals surface area contributed by atoms with Gasteiger partial charge in [0, 0.05) is 57.7 Å². The molecule has 50 heavy (non-hydrogen) atoms. The number of aromatic nitrogens is 3. The van der Waals surface area contributed by atoms with E-state index in [1.165, 1.54) is 15.8 Å². The number of hydrogen-bond donors (Lipinski definition) is 0. The zero-order valence-corrected chi connectivity index (χ0v) is 28.2. The van der Waals surface area contributed by atoms with Gasteiger partial charge in [0.15, 0.2) is 6.23 Å². The predicted molar refractivity (Wildman–Crippen MR) is 184 cm³/mol. The molecule has 2 aromatic heterocycles. The molecule has 0 N–H and O–H groups in total. The summed E-state index contributed by atoms with van der Waals surface area (Å²) in [6.07, 6.45) is 2.92. The monoisotopic (exact) mass is 691 g/mol. The number of ether oxygens (including phenoxy) is 2. The normalized spacial score (nSPS) is 19.5. The SMILES string of the molecule is CN(C)C(=O)/C=C/CN1CCC[C@H](Oc2ccc(/C(=C(/CC(F)(F)F)c3ccccc3)c3ccc4c(c3)c(F)nn4C3CCCCO3)cn2)C1. The molecule has 2 aliphatic heterocycles. The van der Waals surface area contributed by atoms with Gasteiger partial charge in [0.1, 0.15) is 6.10 Å². The molecule has 264 valence electrons. The van der Waals surface area contributed by atoms with Crippen LogP contribution in [0.4, 0.5) is 17.6 Å². The minimum absolute atomic E-state index is 0.0417. The van der Waals surface area contributed by atoms with Gasteiger partial charge in [-0.2, -0.15) is 17.6 Å². The lowest BCUT2D eigenvalue weighted by molar-refractivity contribution is -0.124. The summed E-state index contributed by atoms with van der Waals surface area (Å²) in [6, 6.07) is 16.8. The zero-order valence-electron chi connectivity index (χ0n) is 28.2. The lowest BCUT2D eigenvalue weighted by Gasteiger charge is -2.31. The molecule has 0 spiro atoms. The van der Waals surface area contributed by atoms with E-state index in [9.17, 15) is 18.0 Å². The maximum Gasteiger partial charge on any atom is 0.393 e. The second-order valence-electron chi connectivity index (χ2n) is 13.0. The summed E-state index contributed by atoms with van der Waals surface area (Å²) in [6.45, 7) is 2.68. The standard InChI is InChI=1S/C38H41F4N5O3/c1-45(2)34(48)13-9-20-46-19-8-12-29(25-46)50-33-18-16-28(24-43-33)36(31(23-38(40,41)42)26-10-4-3-5-11-26)27-15-17-32-30(22-27)37(39)44-47(32)35-14-6-7-21-49-35/h3-5,9-11,13,15-18,22,24,29,35H,6-8,12,14,19-21,23,25H2,1-2H3/b13-9+,36-31-/t29-,35?/m0/s1. The third-order valence-electron chi connectivity index (χ3n) is 9.02. The van der Waals surface area contributed by atoms with Crippen molar-refractivity contribution >= 4 is 28.0 Å². The molecule has 6 rings (SSSR count). The highest BCUT2D eigenvalue weighted by atomic mass is 19.4. The summed E-state index contributed by atoms with van der Waals surface area (Å²) in [5.41, 5.74) is 2.08. The minimum atomic E-state index is -4.52. The van der Waals surface area contributed by atoms with Gasteiger partial charge in [0.2, 0.25) is 17.7 Å². The highest BCUT2D eigenvalue weighted by Gasteiger charge is 2.32. The zero-order chi connectivity index (χ0) is 35.3. The Kier molecular flexibility index (Phi) is 11.0. The number of halogens is 4. The Labute approximate surface area is 289 Å². The number of hydrogen-bond acceptors (Lipinski definition) is 6. The summed E-state index contributed by atoms with van der Waals surface area (Å²) in [5, 5.41) is 4.33. The molecule has 2 aliphatic rings. The van der Waals surface area contributed by atoms with Crippen molar-refractivity contribution in [2.45, 2.75) is 57.0 Å². The van der Waals surface area contributed by atoms with Crippen LogP contribution in [-0.2, 0) is 9.53 Å². The minimum Gasteiger partial charge on any atom is -0.473 e. The second kappa shape index (κ2) is 15.6. The molecule has 4 heterocycles. The van der Waals surface area contributed by atoms with Crippen molar-refractivity contribution in [2.24, 2.45) is 0 Å². The van der Waals surface area contributed by atoms with E-state index in [2.05, 4.69) is 15.0 Å². The van der Waals surface area contributed by atoms with E-state index in [4.69, 9.17) is 9.47 Å². The van der Waals surface area contributed by atoms with Crippen LogP contribution in [0.1, 0.15) is 61.4 Å². The van der Waals surface area contributed by atoms with Gasteiger partial charge in [0.25, 0.3) is 0 Å². The molecular weight excluding hydrogens is 650 g/mol. The average Bonchev–Trinajstić information content (AvgIpc) is 3.44. The van der Waals surface area contributed by atoms with Gasteiger partial charge in [-0.15, -0.1) is 5.10 Å². The van der Waals surface area contributed by atoms with Gasteiger partial charge >= 0.3 is 6.18 Å². The van der Waals surface area contributed by atoms with Crippen LogP contribution in [0, 0.1) is 5.95 Å². The van der Waals surface area contributed by atoms with Crippen LogP contribution in [0.5, 0.6) is 5.88 Å². The molecule has 1 unspecified atom stereocenters. The smallest absolute Gasteiger partial charge is 0.393 e. The first kappa shape index (κ1) is 35.3. The first-order valence-electron chi connectivity index (χ1n) is 16.9. The maximum atomic E-state index is 15.4. The summed E-state index contributed by atoms with van der Waals surface area (Å²) in [7, 11) is 3.41. The molecule has 2 aromatic carbocycles. The summed E-state index contributed by atoms with van der Waals surface area (Å²) >= 11 is 0. The van der Waals surface area contributed by atoms with Crippen LogP contribution < -0.4 is 4.74 Å². The first-order valence-corrected chi connectivity index (χ1v) is 16.9. The van der Waals surface area contributed by atoms with Crippen molar-refractivity contribution in [1.29, 1.82) is 0 Å². The molecule has 12 heteroatoms. The number of pyridine rings is 1. The molecule has 0 bridgehead atoms. The number of amides is 1. The van der Waals surface area contributed by atoms with Gasteiger partial charge in [-0.25, -0.2) is 9.67 Å². The Morgan fingerprint density at radius 1 is 1.02 bits per heavy atom. The van der Waals surface area contributed by atoms with E-state index >= 15 is 4.39 Å². The number of carbonyl (C=O) groups is 1. The van der Waals surface area contributed by atoms with Crippen LogP contribution in [0.2, 0.25) is 0 Å². The van der Waals surface area contributed by atoms with Crippen molar-refractivity contribution in [1.82, 2.24) is 24.6 Å². The van der Waals surface area contributed by atoms with E-state index < -0.39 is 24.8 Å². The lowest BCUT2D eigenvalue weighted by Crippen LogP contribution is -2.41. The molecule has 4 aromatic rings. The Morgan fingerprint density at radius 3 is 2.52 bits per heavy atom. The Bertz CT molecular complexity index is 1830. The van der Waals surface area contributed by atoms with Crippen molar-refractivity contribution < 1.29 is 31.8 Å². The largest absolute Gasteiger partial charge is 0.473 e. The molecule has 0 saturated carbocycles. The number of alkyl halides is 3. The lowest BCUT2D eigenvalue weighted by atomic mass is 9.88. The van der Waals surface area contributed by atoms with Crippen molar-refractivity contribution in [2.75, 3.05) is 40.3 Å². The van der Waals surface area contributed by atoms with Gasteiger partial charge in [0.05, 0.1) is 17.3 Å². The Morgan fingerprint density at radius 2 is 1.82 bits per heavy atom. The van der Waals surface area contributed by atoms with Crippen molar-refractivity contribution in [3.05, 3.63) is 102 Å². The average molecular weight is 692 g/mol. The van der Waals surface area contributed by atoms with Crippen molar-refractivity contribution in [3.63, 3.8) is 0 Å². The number of benzene rings is 2. The van der Waals surface area contributed by atoms with Crippen LogP contribution in [0.25, 0.3) is 22.0 Å². The second-order valence-corrected chi connectivity index (χ2v) is 13.0. The predicted octanol–water partition coefficient (Wildman–Crippen LogP) is 7.67. The third kappa shape index (κ3) is 8.59. The van der Waals surface area contributed by atoms with E-state index in [0.717, 1.165) is 32.2 Å². The molecular formula is C38H41F4N5O3. The molecule has 8 nitrogen and oxygen atoms in total. The fourth-order valence-corrected chi connectivity index (χ4v) is 6.58. The first-order chi connectivity index (χ1) is 24.1. The Hall–Kier alpha value is -4.55. The summed E-state index contributed by atoms with van der Waals surface area (Å²) in [5.74, 6) is -0.436. The molecule has 2 fully saturated rings. The molecule has 0 aliphatic carbocycles. The van der Waals surface area contributed by atoms with Gasteiger partial charge in [-0.1, -0.05) is 42.5 Å². The van der Waals surface area contributed by atoms with Crippen LogP contribution in [0.3, 0.4) is 0 Å². The highest BCUT2D eigenvalue weighted by Crippen LogP contribution is 2.40. The van der Waals surface area contributed by atoms with Crippen LogP contribution >= 0.6 is 0 Å². The van der Waals surface area contributed by atoms with E-state index in [1.807, 2.05) is 6.08 Å². The third-order valence-corrected chi connectivity index (χ3v) is 9.02. The highest BCUT2D eigenvalue weighted by molar-refractivity contribution is 6.00. The van der Waals surface area contributed by atoms with E-state index in [1.54, 1.807) is 80.8 Å². The fraction of sp³-hybridized carbons (Fsp3) is 0.395. The van der Waals surface area contributed by atoms with Crippen LogP contribution in [-0.4, -0.2) is 83.1 Å². The number of piperidine rings is 1. The molecule has 0 radical (unpaired) electrons. The maximum absolute atomic E-state index is 15.4. The summed E-state index contributed by atoms with van der Waals surface area (Å²) in [4.78, 5) is 20.1. The van der Waals surface area contributed by atoms with Crippen LogP contribution in [0.15, 0.2) is 79.0 Å². The van der Waals surface area contributed by atoms with Gasteiger partial charge in [-0.05, 0) is 79.1 Å². The van der Waals surface area contributed by atoms with Gasteiger partial charge < -0.3 is 14.4 Å². The quantitative estimate of drug-likeness (QED) is 0.0966. The Balaban J connectivity index is 1.33. The molecule has 1 amide bonds. The number of nitrogens with zero attached hydrogens (tertiary/aromatic N) is 5. The molecule has 2 atom stereocenters. The van der Waals surface area contributed by atoms with E-state index in [-0.39, 0.29) is 23.0 Å². The van der Waals surface area contributed by atoms with Crippen molar-refractivity contribution in [3.8, 4) is 5.88 Å². The molecule has 2 saturated heterocycles. The van der Waals surface area contributed by atoms with Gasteiger partial charge in [-0.3, -0.25) is 9.69 Å². The number of likely N-dealkylation sites (N-methyl/N-ethyl adjacent to an activating group) is 1. The number of allylic oxidation sites excluding steroid dienone is 1. The number of rotatable bonds is 10. The number of likely N-dealkylation sites (tertiary alicyclic amines) is 1. The van der Waals surface area contributed by atoms with E-state index in [0.29, 0.717) is 59.8 Å². The number of carbonyl (C=O) groups excluding carboxylic acids is 1. The number of fused-ring (bicyclic) bond motifs is 1. The topological polar surface area (TPSA) is 72.7 Å².